The lowest BCUT2D eigenvalue weighted by Gasteiger charge is -2.35. The summed E-state index contributed by atoms with van der Waals surface area (Å²) in [6.45, 7) is 4.89. The van der Waals surface area contributed by atoms with Gasteiger partial charge in [0.15, 0.2) is 0 Å². The van der Waals surface area contributed by atoms with Crippen LogP contribution in [0.1, 0.15) is 69.9 Å². The quantitative estimate of drug-likeness (QED) is 0.590. The van der Waals surface area contributed by atoms with Crippen LogP contribution in [-0.4, -0.2) is 22.5 Å². The van der Waals surface area contributed by atoms with E-state index < -0.39 is 29.1 Å². The lowest BCUT2D eigenvalue weighted by atomic mass is 9.82. The van der Waals surface area contributed by atoms with Gasteiger partial charge in [0.25, 0.3) is 0 Å². The van der Waals surface area contributed by atoms with Gasteiger partial charge in [-0.15, -0.1) is 0 Å². The molecule has 2 atom stereocenters. The largest absolute Gasteiger partial charge is 0.457 e. The summed E-state index contributed by atoms with van der Waals surface area (Å²) >= 11 is 0. The van der Waals surface area contributed by atoms with Gasteiger partial charge in [0.2, 0.25) is 5.79 Å². The minimum absolute atomic E-state index is 0.0508. The van der Waals surface area contributed by atoms with Gasteiger partial charge in [-0.3, -0.25) is 0 Å². The number of nitrogens with zero attached hydrogens (tertiary/aromatic N) is 1. The fourth-order valence-corrected chi connectivity index (χ4v) is 4.02. The SMILES string of the molecule is CC(C#N)c1ccc(C#CC(O)(CC2=CC(=O)OC(C)(C)O2)C2CCCC2)cc1F. The monoisotopic (exact) mass is 411 g/mol. The molecule has 5 nitrogen and oxygen atoms in total. The predicted molar refractivity (Wildman–Crippen MR) is 108 cm³/mol. The van der Waals surface area contributed by atoms with Crippen molar-refractivity contribution in [1.82, 2.24) is 0 Å². The van der Waals surface area contributed by atoms with Crippen LogP contribution in [0.15, 0.2) is 30.0 Å². The van der Waals surface area contributed by atoms with Gasteiger partial charge in [-0.1, -0.05) is 30.7 Å². The highest BCUT2D eigenvalue weighted by atomic mass is 19.1. The van der Waals surface area contributed by atoms with Crippen molar-refractivity contribution in [3.8, 4) is 17.9 Å². The van der Waals surface area contributed by atoms with E-state index in [1.54, 1.807) is 32.9 Å². The normalized spacial score (nSPS) is 21.2. The number of carbonyl (C=O) groups is 1. The van der Waals surface area contributed by atoms with E-state index in [1.807, 2.05) is 6.07 Å². The molecule has 1 aliphatic carbocycles. The van der Waals surface area contributed by atoms with Crippen molar-refractivity contribution in [2.75, 3.05) is 0 Å². The minimum atomic E-state index is -1.41. The molecule has 3 rings (SSSR count). The summed E-state index contributed by atoms with van der Waals surface area (Å²) in [4.78, 5) is 11.9. The maximum atomic E-state index is 14.3. The number of nitriles is 1. The van der Waals surface area contributed by atoms with Gasteiger partial charge >= 0.3 is 5.97 Å². The first-order valence-corrected chi connectivity index (χ1v) is 10.2. The van der Waals surface area contributed by atoms with Crippen molar-refractivity contribution in [2.45, 2.75) is 70.2 Å². The molecule has 158 valence electrons. The molecule has 0 saturated heterocycles. The average molecular weight is 411 g/mol. The molecule has 1 aliphatic heterocycles. The number of aliphatic hydroxyl groups is 1. The number of esters is 1. The first-order valence-electron chi connectivity index (χ1n) is 10.2. The first kappa shape index (κ1) is 21.9. The van der Waals surface area contributed by atoms with E-state index in [1.165, 1.54) is 12.1 Å². The molecule has 0 bridgehead atoms. The zero-order chi connectivity index (χ0) is 21.9. The fraction of sp³-hybridized carbons (Fsp3) is 0.500. The average Bonchev–Trinajstić information content (AvgIpc) is 3.20. The maximum Gasteiger partial charge on any atom is 0.337 e. The first-order chi connectivity index (χ1) is 14.1. The number of ether oxygens (including phenoxy) is 2. The summed E-state index contributed by atoms with van der Waals surface area (Å²) in [6.07, 6.45) is 4.92. The number of rotatable bonds is 4. The summed E-state index contributed by atoms with van der Waals surface area (Å²) in [5.41, 5.74) is -0.683. The Balaban J connectivity index is 1.90. The van der Waals surface area contributed by atoms with Crippen molar-refractivity contribution in [2.24, 2.45) is 5.92 Å². The lowest BCUT2D eigenvalue weighted by molar-refractivity contribution is -0.207. The molecule has 1 saturated carbocycles. The van der Waals surface area contributed by atoms with E-state index in [4.69, 9.17) is 14.7 Å². The molecule has 2 aliphatic rings. The topological polar surface area (TPSA) is 79.5 Å². The zero-order valence-corrected chi connectivity index (χ0v) is 17.5. The molecule has 0 radical (unpaired) electrons. The molecule has 1 fully saturated rings. The molecule has 1 aromatic rings. The molecule has 30 heavy (non-hydrogen) atoms. The van der Waals surface area contributed by atoms with Crippen LogP contribution in [0.3, 0.4) is 0 Å². The van der Waals surface area contributed by atoms with Crippen LogP contribution in [-0.2, 0) is 14.3 Å². The van der Waals surface area contributed by atoms with Crippen LogP contribution in [0.25, 0.3) is 0 Å². The molecule has 1 N–H and O–H groups in total. The highest BCUT2D eigenvalue weighted by molar-refractivity contribution is 5.83. The molecular weight excluding hydrogens is 385 g/mol. The molecule has 1 heterocycles. The molecule has 0 spiro atoms. The van der Waals surface area contributed by atoms with E-state index in [2.05, 4.69) is 11.8 Å². The maximum absolute atomic E-state index is 14.3. The van der Waals surface area contributed by atoms with Gasteiger partial charge in [-0.05, 0) is 37.8 Å². The third-order valence-electron chi connectivity index (χ3n) is 5.56. The molecule has 6 heteroatoms. The molecule has 1 aromatic carbocycles. The second-order valence-electron chi connectivity index (χ2n) is 8.45. The number of hydrogen-bond acceptors (Lipinski definition) is 5. The van der Waals surface area contributed by atoms with Crippen LogP contribution in [0.4, 0.5) is 4.39 Å². The Morgan fingerprint density at radius 1 is 1.33 bits per heavy atom. The van der Waals surface area contributed by atoms with Crippen LogP contribution in [0, 0.1) is 34.9 Å². The Morgan fingerprint density at radius 2 is 2.03 bits per heavy atom. The Kier molecular flexibility index (Phi) is 6.19. The predicted octanol–water partition coefficient (Wildman–Crippen LogP) is 4.31. The zero-order valence-electron chi connectivity index (χ0n) is 17.5. The highest BCUT2D eigenvalue weighted by Crippen LogP contribution is 2.39. The number of benzene rings is 1. The van der Waals surface area contributed by atoms with Crippen molar-refractivity contribution in [1.29, 1.82) is 5.26 Å². The summed E-state index contributed by atoms with van der Waals surface area (Å²) in [5, 5.41) is 20.4. The third kappa shape index (κ3) is 5.01. The van der Waals surface area contributed by atoms with Gasteiger partial charge in [-0.2, -0.15) is 5.26 Å². The smallest absolute Gasteiger partial charge is 0.337 e. The van der Waals surface area contributed by atoms with E-state index in [9.17, 15) is 14.3 Å². The number of hydrogen-bond donors (Lipinski definition) is 1. The highest BCUT2D eigenvalue weighted by Gasteiger charge is 2.41. The molecule has 2 unspecified atom stereocenters. The van der Waals surface area contributed by atoms with Crippen LogP contribution < -0.4 is 0 Å². The van der Waals surface area contributed by atoms with Gasteiger partial charge < -0.3 is 14.6 Å². The van der Waals surface area contributed by atoms with E-state index in [0.717, 1.165) is 25.7 Å². The van der Waals surface area contributed by atoms with E-state index in [0.29, 0.717) is 16.9 Å². The molecular formula is C24H26FNO4. The fourth-order valence-electron chi connectivity index (χ4n) is 4.02. The lowest BCUT2D eigenvalue weighted by Crippen LogP contribution is -2.40. The Bertz CT molecular complexity index is 960. The third-order valence-corrected chi connectivity index (χ3v) is 5.56. The number of carbonyl (C=O) groups excluding carboxylic acids is 1. The summed E-state index contributed by atoms with van der Waals surface area (Å²) in [5.74, 6) is 3.39. The Labute approximate surface area is 176 Å². The second-order valence-corrected chi connectivity index (χ2v) is 8.45. The molecule has 0 aromatic heterocycles. The summed E-state index contributed by atoms with van der Waals surface area (Å²) < 4.78 is 25.2. The van der Waals surface area contributed by atoms with Gasteiger partial charge in [0, 0.05) is 31.4 Å². The van der Waals surface area contributed by atoms with Crippen LogP contribution in [0.2, 0.25) is 0 Å². The van der Waals surface area contributed by atoms with Crippen LogP contribution >= 0.6 is 0 Å². The summed E-state index contributed by atoms with van der Waals surface area (Å²) in [7, 11) is 0. The number of halogens is 1. The van der Waals surface area contributed by atoms with Crippen molar-refractivity contribution >= 4 is 5.97 Å². The van der Waals surface area contributed by atoms with Crippen LogP contribution in [0.5, 0.6) is 0 Å². The standard InChI is InChI=1S/C24H26FNO4/c1-16(15-26)20-9-8-17(12-21(20)25)10-11-24(28,18-6-4-5-7-18)14-19-13-22(27)30-23(2,3)29-19/h8-9,12-13,16,18,28H,4-7,14H2,1-3H3. The Morgan fingerprint density at radius 3 is 2.63 bits per heavy atom. The molecule has 0 amide bonds. The summed E-state index contributed by atoms with van der Waals surface area (Å²) in [6, 6.07) is 6.49. The van der Waals surface area contributed by atoms with E-state index >= 15 is 0 Å². The second kappa shape index (κ2) is 8.50. The van der Waals surface area contributed by atoms with Crippen molar-refractivity contribution < 1.29 is 23.8 Å². The van der Waals surface area contributed by atoms with E-state index in [-0.39, 0.29) is 12.3 Å². The van der Waals surface area contributed by atoms with Crippen molar-refractivity contribution in [3.63, 3.8) is 0 Å². The van der Waals surface area contributed by atoms with Gasteiger partial charge in [0.1, 0.15) is 17.2 Å². The van der Waals surface area contributed by atoms with Gasteiger partial charge in [-0.25, -0.2) is 9.18 Å². The van der Waals surface area contributed by atoms with Crippen molar-refractivity contribution in [3.05, 3.63) is 47.0 Å². The van der Waals surface area contributed by atoms with Gasteiger partial charge in [0.05, 0.1) is 18.1 Å². The minimum Gasteiger partial charge on any atom is -0.457 e. The Hall–Kier alpha value is -2.83. The number of cyclic esters (lactones) is 1.